The Balaban J connectivity index is 2.22. The van der Waals surface area contributed by atoms with Crippen LogP contribution in [0, 0.1) is 5.92 Å². The molecular formula is C16H24F3NO. The van der Waals surface area contributed by atoms with Gasteiger partial charge in [-0.15, -0.1) is 0 Å². The first kappa shape index (κ1) is 17.8. The number of alkyl halides is 3. The lowest BCUT2D eigenvalue weighted by Crippen LogP contribution is -2.20. The normalized spacial score (nSPS) is 11.9. The highest BCUT2D eigenvalue weighted by atomic mass is 19.4. The number of rotatable bonds is 9. The number of halogens is 3. The maximum Gasteiger partial charge on any atom is 0.419 e. The van der Waals surface area contributed by atoms with Gasteiger partial charge in [-0.05, 0) is 50.4 Å². The zero-order valence-electron chi connectivity index (χ0n) is 12.7. The van der Waals surface area contributed by atoms with Crippen LogP contribution in [0.1, 0.15) is 38.7 Å². The lowest BCUT2D eigenvalue weighted by Gasteiger charge is -2.13. The molecule has 0 bridgehead atoms. The summed E-state index contributed by atoms with van der Waals surface area (Å²) < 4.78 is 43.5. The quantitative estimate of drug-likeness (QED) is 0.678. The number of ether oxygens (including phenoxy) is 1. The molecule has 5 heteroatoms. The predicted octanol–water partition coefficient (Wildman–Crippen LogP) is 4.50. The average Bonchev–Trinajstić information content (AvgIpc) is 2.41. The zero-order chi connectivity index (χ0) is 15.7. The van der Waals surface area contributed by atoms with Crippen LogP contribution in [-0.4, -0.2) is 19.7 Å². The van der Waals surface area contributed by atoms with Crippen LogP contribution < -0.4 is 10.1 Å². The molecule has 1 N–H and O–H groups in total. The standard InChI is InChI=1S/C16H24F3NO/c1-13(2)12-20-10-6-3-7-11-21-15-9-5-4-8-14(15)16(17,18)19/h4-5,8-9,13,20H,3,6-7,10-12H2,1-2H3. The van der Waals surface area contributed by atoms with E-state index in [1.807, 2.05) is 0 Å². The Morgan fingerprint density at radius 3 is 2.48 bits per heavy atom. The number of hydrogen-bond acceptors (Lipinski definition) is 2. The zero-order valence-corrected chi connectivity index (χ0v) is 12.7. The van der Waals surface area contributed by atoms with Gasteiger partial charge in [0, 0.05) is 0 Å². The number of hydrogen-bond donors (Lipinski definition) is 1. The Morgan fingerprint density at radius 2 is 1.81 bits per heavy atom. The van der Waals surface area contributed by atoms with Crippen LogP contribution >= 0.6 is 0 Å². The first-order valence-corrected chi connectivity index (χ1v) is 7.41. The van der Waals surface area contributed by atoms with Crippen LogP contribution in [0.15, 0.2) is 24.3 Å². The summed E-state index contributed by atoms with van der Waals surface area (Å²) in [4.78, 5) is 0. The fraction of sp³-hybridized carbons (Fsp3) is 0.625. The van der Waals surface area contributed by atoms with Crippen molar-refractivity contribution in [1.29, 1.82) is 0 Å². The van der Waals surface area contributed by atoms with E-state index in [0.717, 1.165) is 38.4 Å². The maximum absolute atomic E-state index is 12.7. The van der Waals surface area contributed by atoms with Gasteiger partial charge in [0.15, 0.2) is 0 Å². The summed E-state index contributed by atoms with van der Waals surface area (Å²) in [6, 6.07) is 5.34. The molecule has 1 rings (SSSR count). The molecule has 1 aromatic rings. The van der Waals surface area contributed by atoms with Crippen molar-refractivity contribution >= 4 is 0 Å². The van der Waals surface area contributed by atoms with Crippen LogP contribution in [-0.2, 0) is 6.18 Å². The van der Waals surface area contributed by atoms with Crippen molar-refractivity contribution in [3.05, 3.63) is 29.8 Å². The second-order valence-corrected chi connectivity index (χ2v) is 5.50. The minimum Gasteiger partial charge on any atom is -0.493 e. The summed E-state index contributed by atoms with van der Waals surface area (Å²) in [5, 5.41) is 3.33. The topological polar surface area (TPSA) is 21.3 Å². The number of nitrogens with one attached hydrogen (secondary N) is 1. The smallest absolute Gasteiger partial charge is 0.419 e. The number of para-hydroxylation sites is 1. The summed E-state index contributed by atoms with van der Waals surface area (Å²) >= 11 is 0. The van der Waals surface area contributed by atoms with Crippen LogP contribution in [0.3, 0.4) is 0 Å². The van der Waals surface area contributed by atoms with Crippen molar-refractivity contribution in [3.8, 4) is 5.75 Å². The molecule has 0 spiro atoms. The third-order valence-corrected chi connectivity index (χ3v) is 3.00. The van der Waals surface area contributed by atoms with Gasteiger partial charge in [0.1, 0.15) is 5.75 Å². The molecule has 21 heavy (non-hydrogen) atoms. The van der Waals surface area contributed by atoms with Crippen molar-refractivity contribution in [3.63, 3.8) is 0 Å². The van der Waals surface area contributed by atoms with Gasteiger partial charge in [-0.3, -0.25) is 0 Å². The molecule has 1 aromatic carbocycles. The van der Waals surface area contributed by atoms with E-state index in [2.05, 4.69) is 19.2 Å². The molecule has 2 nitrogen and oxygen atoms in total. The molecule has 0 heterocycles. The summed E-state index contributed by atoms with van der Waals surface area (Å²) in [6.45, 7) is 6.56. The average molecular weight is 303 g/mol. The van der Waals surface area contributed by atoms with Crippen LogP contribution in [0.5, 0.6) is 5.75 Å². The van der Waals surface area contributed by atoms with Gasteiger partial charge in [0.2, 0.25) is 0 Å². The molecule has 0 aliphatic rings. The Hall–Kier alpha value is -1.23. The Morgan fingerprint density at radius 1 is 1.10 bits per heavy atom. The van der Waals surface area contributed by atoms with Gasteiger partial charge in [0.05, 0.1) is 12.2 Å². The molecule has 0 aliphatic carbocycles. The van der Waals surface area contributed by atoms with Crippen LogP contribution in [0.4, 0.5) is 13.2 Å². The molecule has 0 fully saturated rings. The molecular weight excluding hydrogens is 279 g/mol. The minimum absolute atomic E-state index is 0.0806. The van der Waals surface area contributed by atoms with Crippen molar-refractivity contribution in [2.24, 2.45) is 5.92 Å². The maximum atomic E-state index is 12.7. The van der Waals surface area contributed by atoms with Gasteiger partial charge in [-0.2, -0.15) is 13.2 Å². The van der Waals surface area contributed by atoms with Gasteiger partial charge < -0.3 is 10.1 Å². The summed E-state index contributed by atoms with van der Waals surface area (Å²) in [5.74, 6) is 0.551. The fourth-order valence-electron chi connectivity index (χ4n) is 1.93. The highest BCUT2D eigenvalue weighted by Crippen LogP contribution is 2.35. The first-order chi connectivity index (χ1) is 9.91. The van der Waals surface area contributed by atoms with Gasteiger partial charge >= 0.3 is 6.18 Å². The van der Waals surface area contributed by atoms with Crippen molar-refractivity contribution in [1.82, 2.24) is 5.32 Å². The molecule has 0 amide bonds. The van der Waals surface area contributed by atoms with Crippen molar-refractivity contribution in [2.45, 2.75) is 39.3 Å². The second-order valence-electron chi connectivity index (χ2n) is 5.50. The monoisotopic (exact) mass is 303 g/mol. The molecule has 0 unspecified atom stereocenters. The lowest BCUT2D eigenvalue weighted by atomic mass is 10.2. The predicted molar refractivity (Wildman–Crippen MR) is 78.5 cm³/mol. The number of benzene rings is 1. The molecule has 0 saturated carbocycles. The van der Waals surface area contributed by atoms with Crippen LogP contribution in [0.25, 0.3) is 0 Å². The second kappa shape index (κ2) is 8.93. The highest BCUT2D eigenvalue weighted by Gasteiger charge is 2.33. The Labute approximate surface area is 124 Å². The van der Waals surface area contributed by atoms with Gasteiger partial charge in [-0.1, -0.05) is 26.0 Å². The van der Waals surface area contributed by atoms with E-state index >= 15 is 0 Å². The molecule has 120 valence electrons. The molecule has 0 radical (unpaired) electrons. The Kier molecular flexibility index (Phi) is 7.57. The van der Waals surface area contributed by atoms with Crippen molar-refractivity contribution < 1.29 is 17.9 Å². The van der Waals surface area contributed by atoms with E-state index < -0.39 is 11.7 Å². The van der Waals surface area contributed by atoms with Gasteiger partial charge in [0.25, 0.3) is 0 Å². The van der Waals surface area contributed by atoms with E-state index in [9.17, 15) is 13.2 Å². The highest BCUT2D eigenvalue weighted by molar-refractivity contribution is 5.35. The summed E-state index contributed by atoms with van der Waals surface area (Å²) in [6.07, 6.45) is -1.65. The van der Waals surface area contributed by atoms with Gasteiger partial charge in [-0.25, -0.2) is 0 Å². The largest absolute Gasteiger partial charge is 0.493 e. The molecule has 0 aliphatic heterocycles. The Bertz CT molecular complexity index is 405. The minimum atomic E-state index is -4.36. The molecule has 0 saturated heterocycles. The van der Waals surface area contributed by atoms with E-state index in [1.165, 1.54) is 12.1 Å². The third kappa shape index (κ3) is 7.37. The SMILES string of the molecule is CC(C)CNCCCCCOc1ccccc1C(F)(F)F. The van der Waals surface area contributed by atoms with E-state index in [-0.39, 0.29) is 5.75 Å². The van der Waals surface area contributed by atoms with Crippen LogP contribution in [0.2, 0.25) is 0 Å². The molecule has 0 atom stereocenters. The number of unbranched alkanes of at least 4 members (excludes halogenated alkanes) is 2. The van der Waals surface area contributed by atoms with E-state index in [4.69, 9.17) is 4.74 Å². The van der Waals surface area contributed by atoms with Crippen molar-refractivity contribution in [2.75, 3.05) is 19.7 Å². The van der Waals surface area contributed by atoms with E-state index in [1.54, 1.807) is 6.07 Å². The first-order valence-electron chi connectivity index (χ1n) is 7.41. The molecule has 0 aromatic heterocycles. The third-order valence-electron chi connectivity index (χ3n) is 3.00. The lowest BCUT2D eigenvalue weighted by molar-refractivity contribution is -0.138. The fourth-order valence-corrected chi connectivity index (χ4v) is 1.93. The van der Waals surface area contributed by atoms with E-state index in [0.29, 0.717) is 12.5 Å². The summed E-state index contributed by atoms with van der Waals surface area (Å²) in [7, 11) is 0. The summed E-state index contributed by atoms with van der Waals surface area (Å²) in [5.41, 5.74) is -0.705.